The van der Waals surface area contributed by atoms with Gasteiger partial charge in [-0.1, -0.05) is 25.4 Å². The first kappa shape index (κ1) is 18.8. The summed E-state index contributed by atoms with van der Waals surface area (Å²) >= 11 is 5.79. The predicted molar refractivity (Wildman–Crippen MR) is 84.5 cm³/mol. The second kappa shape index (κ2) is 7.57. The standard InChI is InChI=1S/C15H19ClF3N3O2/c1-8(2)10(17)5-21-14(23)9-4-20-13(16)3-11(9)22-12-6-24-7-15(12,18)19/h3-4,8,10,12H,5-7H2,1-2H3,(H,20,22)(H,21,23). The minimum Gasteiger partial charge on any atom is -0.374 e. The van der Waals surface area contributed by atoms with Crippen molar-refractivity contribution < 1.29 is 22.7 Å². The van der Waals surface area contributed by atoms with E-state index in [1.165, 1.54) is 6.07 Å². The van der Waals surface area contributed by atoms with Crippen LogP contribution in [-0.2, 0) is 4.74 Å². The highest BCUT2D eigenvalue weighted by Crippen LogP contribution is 2.30. The van der Waals surface area contributed by atoms with Crippen LogP contribution in [0.2, 0.25) is 5.15 Å². The lowest BCUT2D eigenvalue weighted by Gasteiger charge is -2.21. The summed E-state index contributed by atoms with van der Waals surface area (Å²) in [6, 6.07) is -0.00707. The van der Waals surface area contributed by atoms with Gasteiger partial charge in [0.2, 0.25) is 0 Å². The zero-order valence-corrected chi connectivity index (χ0v) is 14.0. The van der Waals surface area contributed by atoms with Crippen LogP contribution in [0.1, 0.15) is 24.2 Å². The molecule has 2 unspecified atom stereocenters. The molecule has 0 bridgehead atoms. The minimum atomic E-state index is -3.06. The highest BCUT2D eigenvalue weighted by molar-refractivity contribution is 6.29. The highest BCUT2D eigenvalue weighted by atomic mass is 35.5. The Morgan fingerprint density at radius 3 is 2.83 bits per heavy atom. The van der Waals surface area contributed by atoms with Crippen LogP contribution < -0.4 is 10.6 Å². The predicted octanol–water partition coefficient (Wildman–Crippen LogP) is 2.90. The van der Waals surface area contributed by atoms with E-state index in [1.54, 1.807) is 13.8 Å². The maximum absolute atomic E-state index is 13.7. The number of rotatable bonds is 6. The molecule has 2 N–H and O–H groups in total. The van der Waals surface area contributed by atoms with Crippen LogP contribution in [0.5, 0.6) is 0 Å². The molecule has 5 nitrogen and oxygen atoms in total. The zero-order valence-electron chi connectivity index (χ0n) is 13.3. The molecule has 1 aliphatic rings. The van der Waals surface area contributed by atoms with Crippen molar-refractivity contribution in [3.05, 3.63) is 23.0 Å². The van der Waals surface area contributed by atoms with Gasteiger partial charge < -0.3 is 15.4 Å². The molecular weight excluding hydrogens is 347 g/mol. The zero-order chi connectivity index (χ0) is 17.9. The van der Waals surface area contributed by atoms with Gasteiger partial charge in [-0.3, -0.25) is 4.79 Å². The molecule has 24 heavy (non-hydrogen) atoms. The molecule has 1 amide bonds. The second-order valence-electron chi connectivity index (χ2n) is 6.00. The van der Waals surface area contributed by atoms with Crippen molar-refractivity contribution >= 4 is 23.2 Å². The monoisotopic (exact) mass is 365 g/mol. The van der Waals surface area contributed by atoms with Crippen molar-refractivity contribution in [2.45, 2.75) is 32.0 Å². The lowest BCUT2D eigenvalue weighted by molar-refractivity contribution is -0.0131. The largest absolute Gasteiger partial charge is 0.374 e. The van der Waals surface area contributed by atoms with Gasteiger partial charge in [-0.2, -0.15) is 0 Å². The summed E-state index contributed by atoms with van der Waals surface area (Å²) in [5.41, 5.74) is 0.112. The van der Waals surface area contributed by atoms with Crippen molar-refractivity contribution in [2.75, 3.05) is 25.1 Å². The fourth-order valence-corrected chi connectivity index (χ4v) is 2.28. The van der Waals surface area contributed by atoms with Crippen LogP contribution in [0, 0.1) is 5.92 Å². The summed E-state index contributed by atoms with van der Waals surface area (Å²) in [5.74, 6) is -3.93. The van der Waals surface area contributed by atoms with Gasteiger partial charge in [0.1, 0.15) is 24.0 Å². The van der Waals surface area contributed by atoms with Crippen LogP contribution in [-0.4, -0.2) is 48.8 Å². The van der Waals surface area contributed by atoms with E-state index in [0.717, 1.165) is 6.20 Å². The molecule has 1 aliphatic heterocycles. The molecule has 0 aromatic carbocycles. The van der Waals surface area contributed by atoms with Gasteiger partial charge in [-0.15, -0.1) is 0 Å². The Morgan fingerprint density at radius 2 is 2.25 bits per heavy atom. The molecule has 0 radical (unpaired) electrons. The van der Waals surface area contributed by atoms with E-state index in [1.807, 2.05) is 0 Å². The molecule has 0 aliphatic carbocycles. The second-order valence-corrected chi connectivity index (χ2v) is 6.38. The molecule has 2 heterocycles. The van der Waals surface area contributed by atoms with Crippen molar-refractivity contribution in [1.82, 2.24) is 10.3 Å². The molecule has 134 valence electrons. The Morgan fingerprint density at radius 1 is 1.54 bits per heavy atom. The molecule has 2 atom stereocenters. The summed E-state index contributed by atoms with van der Waals surface area (Å²) in [6.07, 6.45) is -0.0468. The van der Waals surface area contributed by atoms with Gasteiger partial charge in [-0.25, -0.2) is 18.2 Å². The van der Waals surface area contributed by atoms with Gasteiger partial charge in [0.05, 0.1) is 17.9 Å². The van der Waals surface area contributed by atoms with Crippen molar-refractivity contribution in [3.63, 3.8) is 0 Å². The maximum atomic E-state index is 13.7. The first-order valence-electron chi connectivity index (χ1n) is 7.50. The number of carbonyl (C=O) groups excluding carboxylic acids is 1. The van der Waals surface area contributed by atoms with Crippen LogP contribution in [0.25, 0.3) is 0 Å². The third kappa shape index (κ3) is 4.51. The molecule has 0 saturated carbocycles. The molecule has 1 aromatic rings. The van der Waals surface area contributed by atoms with Crippen LogP contribution in [0.15, 0.2) is 12.3 Å². The summed E-state index contributed by atoms with van der Waals surface area (Å²) in [5, 5.41) is 5.05. The van der Waals surface area contributed by atoms with E-state index in [9.17, 15) is 18.0 Å². The van der Waals surface area contributed by atoms with E-state index in [4.69, 9.17) is 16.3 Å². The summed E-state index contributed by atoms with van der Waals surface area (Å²) in [4.78, 5) is 16.0. The fraction of sp³-hybridized carbons (Fsp3) is 0.600. The number of hydrogen-bond donors (Lipinski definition) is 2. The lowest BCUT2D eigenvalue weighted by atomic mass is 10.1. The van der Waals surface area contributed by atoms with Crippen LogP contribution >= 0.6 is 11.6 Å². The Kier molecular flexibility index (Phi) is 5.92. The lowest BCUT2D eigenvalue weighted by Crippen LogP contribution is -2.39. The molecular formula is C15H19ClF3N3O2. The van der Waals surface area contributed by atoms with Crippen molar-refractivity contribution in [2.24, 2.45) is 5.92 Å². The first-order chi connectivity index (χ1) is 11.2. The van der Waals surface area contributed by atoms with Crippen molar-refractivity contribution in [3.8, 4) is 0 Å². The summed E-state index contributed by atoms with van der Waals surface area (Å²) < 4.78 is 45.8. The number of aromatic nitrogens is 1. The van der Waals surface area contributed by atoms with E-state index < -0.39 is 30.7 Å². The van der Waals surface area contributed by atoms with E-state index in [0.29, 0.717) is 0 Å². The Hall–Kier alpha value is -1.54. The Balaban J connectivity index is 2.14. The van der Waals surface area contributed by atoms with Gasteiger partial charge in [-0.05, 0) is 12.0 Å². The first-order valence-corrected chi connectivity index (χ1v) is 7.88. The topological polar surface area (TPSA) is 63.2 Å². The van der Waals surface area contributed by atoms with E-state index in [-0.39, 0.29) is 35.5 Å². The number of carbonyl (C=O) groups is 1. The summed E-state index contributed by atoms with van der Waals surface area (Å²) in [7, 11) is 0. The molecule has 1 aromatic heterocycles. The highest BCUT2D eigenvalue weighted by Gasteiger charge is 2.45. The number of nitrogens with one attached hydrogen (secondary N) is 2. The number of amides is 1. The Labute approximate surface area is 142 Å². The fourth-order valence-electron chi connectivity index (χ4n) is 2.12. The third-order valence-electron chi connectivity index (χ3n) is 3.71. The number of alkyl halides is 3. The van der Waals surface area contributed by atoms with Gasteiger partial charge in [0, 0.05) is 12.7 Å². The van der Waals surface area contributed by atoms with Crippen LogP contribution in [0.4, 0.5) is 18.9 Å². The molecule has 1 fully saturated rings. The van der Waals surface area contributed by atoms with Gasteiger partial charge in [0.25, 0.3) is 11.8 Å². The molecule has 9 heteroatoms. The number of pyridine rings is 1. The third-order valence-corrected chi connectivity index (χ3v) is 3.92. The quantitative estimate of drug-likeness (QED) is 0.761. The van der Waals surface area contributed by atoms with Crippen LogP contribution in [0.3, 0.4) is 0 Å². The SMILES string of the molecule is CC(C)C(F)CNC(=O)c1cnc(Cl)cc1NC1COCC1(F)F. The van der Waals surface area contributed by atoms with Gasteiger partial charge in [0.15, 0.2) is 0 Å². The van der Waals surface area contributed by atoms with E-state index >= 15 is 0 Å². The molecule has 1 saturated heterocycles. The molecule has 0 spiro atoms. The number of anilines is 1. The molecule has 2 rings (SSSR count). The summed E-state index contributed by atoms with van der Waals surface area (Å²) in [6.45, 7) is 2.31. The normalized spacial score (nSPS) is 20.9. The Bertz CT molecular complexity index is 601. The average Bonchev–Trinajstić information content (AvgIpc) is 2.83. The number of nitrogens with zero attached hydrogens (tertiary/aromatic N) is 1. The van der Waals surface area contributed by atoms with Gasteiger partial charge >= 0.3 is 0 Å². The smallest absolute Gasteiger partial charge is 0.292 e. The van der Waals surface area contributed by atoms with Crippen molar-refractivity contribution in [1.29, 1.82) is 0 Å². The number of halogens is 4. The number of ether oxygens (including phenoxy) is 1. The number of hydrogen-bond acceptors (Lipinski definition) is 4. The average molecular weight is 366 g/mol. The van der Waals surface area contributed by atoms with E-state index in [2.05, 4.69) is 15.6 Å². The minimum absolute atomic E-state index is 0.0121. The maximum Gasteiger partial charge on any atom is 0.292 e.